The predicted octanol–water partition coefficient (Wildman–Crippen LogP) is 2.81. The van der Waals surface area contributed by atoms with Crippen LogP contribution in [-0.4, -0.2) is 26.7 Å². The van der Waals surface area contributed by atoms with Gasteiger partial charge in [0.05, 0.1) is 23.2 Å². The van der Waals surface area contributed by atoms with Gasteiger partial charge in [-0.2, -0.15) is 0 Å². The number of fused-ring (bicyclic) bond motifs is 1. The molecule has 2 aromatic rings. The Balaban J connectivity index is 2.43. The third kappa shape index (κ3) is 2.93. The quantitative estimate of drug-likeness (QED) is 0.815. The molecule has 0 heterocycles. The van der Waals surface area contributed by atoms with Gasteiger partial charge >= 0.3 is 5.97 Å². The Kier molecular flexibility index (Phi) is 4.32. The van der Waals surface area contributed by atoms with E-state index in [1.54, 1.807) is 25.1 Å². The van der Waals surface area contributed by atoms with Crippen LogP contribution in [0.5, 0.6) is 0 Å². The summed E-state index contributed by atoms with van der Waals surface area (Å²) in [6, 6.07) is 12.5. The summed E-state index contributed by atoms with van der Waals surface area (Å²) in [4.78, 5) is 11.8. The minimum absolute atomic E-state index is 0.226. The van der Waals surface area contributed by atoms with Crippen molar-refractivity contribution in [2.45, 2.75) is 24.0 Å². The van der Waals surface area contributed by atoms with Gasteiger partial charge in [0.25, 0.3) is 0 Å². The molecular weight excluding hydrogens is 288 g/mol. The van der Waals surface area contributed by atoms with Crippen LogP contribution in [0.25, 0.3) is 10.8 Å². The maximum absolute atomic E-state index is 12.6. The number of benzene rings is 2. The van der Waals surface area contributed by atoms with E-state index in [9.17, 15) is 13.2 Å². The molecule has 2 aromatic carbocycles. The lowest BCUT2D eigenvalue weighted by Crippen LogP contribution is -2.31. The molecule has 2 unspecified atom stereocenters. The van der Waals surface area contributed by atoms with Crippen molar-refractivity contribution in [2.75, 3.05) is 7.11 Å². The van der Waals surface area contributed by atoms with Crippen molar-refractivity contribution in [1.29, 1.82) is 0 Å². The SMILES string of the molecule is COC(=O)C(C)C(C)S(=O)(=O)c1ccc2ccccc2c1. The van der Waals surface area contributed by atoms with E-state index in [4.69, 9.17) is 0 Å². The summed E-state index contributed by atoms with van der Waals surface area (Å²) >= 11 is 0. The van der Waals surface area contributed by atoms with Crippen LogP contribution >= 0.6 is 0 Å². The molecule has 0 aromatic heterocycles. The average Bonchev–Trinajstić information content (AvgIpc) is 2.52. The maximum atomic E-state index is 12.6. The molecule has 2 atom stereocenters. The second-order valence-corrected chi connectivity index (χ2v) is 7.38. The Labute approximate surface area is 124 Å². The highest BCUT2D eigenvalue weighted by molar-refractivity contribution is 7.92. The van der Waals surface area contributed by atoms with Gasteiger partial charge in [-0.1, -0.05) is 37.3 Å². The number of esters is 1. The Morgan fingerprint density at radius 3 is 2.29 bits per heavy atom. The molecule has 0 fully saturated rings. The Morgan fingerprint density at radius 2 is 1.67 bits per heavy atom. The van der Waals surface area contributed by atoms with Crippen LogP contribution in [0.3, 0.4) is 0 Å². The van der Waals surface area contributed by atoms with Crippen LogP contribution in [0.1, 0.15) is 13.8 Å². The minimum atomic E-state index is -3.59. The van der Waals surface area contributed by atoms with E-state index in [-0.39, 0.29) is 4.90 Å². The molecule has 0 aliphatic heterocycles. The standard InChI is InChI=1S/C16H18O4S/c1-11(16(17)20-3)12(2)21(18,19)15-9-8-13-6-4-5-7-14(13)10-15/h4-12H,1-3H3. The number of ether oxygens (including phenoxy) is 1. The first kappa shape index (κ1) is 15.5. The molecular formula is C16H18O4S. The fraction of sp³-hybridized carbons (Fsp3) is 0.312. The summed E-state index contributed by atoms with van der Waals surface area (Å²) in [5.74, 6) is -1.24. The Morgan fingerprint density at radius 1 is 1.05 bits per heavy atom. The summed E-state index contributed by atoms with van der Waals surface area (Å²) < 4.78 is 29.9. The number of hydrogen-bond donors (Lipinski definition) is 0. The highest BCUT2D eigenvalue weighted by Crippen LogP contribution is 2.25. The molecule has 0 amide bonds. The largest absolute Gasteiger partial charge is 0.469 e. The van der Waals surface area contributed by atoms with Crippen LogP contribution in [0.2, 0.25) is 0 Å². The van der Waals surface area contributed by atoms with E-state index in [1.165, 1.54) is 14.0 Å². The van der Waals surface area contributed by atoms with Gasteiger partial charge in [0, 0.05) is 0 Å². The molecule has 2 rings (SSSR count). The van der Waals surface area contributed by atoms with Gasteiger partial charge in [0.15, 0.2) is 9.84 Å². The molecule has 0 saturated heterocycles. The lowest BCUT2D eigenvalue weighted by Gasteiger charge is -2.18. The van der Waals surface area contributed by atoms with Gasteiger partial charge in [-0.05, 0) is 29.8 Å². The zero-order valence-electron chi connectivity index (χ0n) is 12.2. The van der Waals surface area contributed by atoms with E-state index in [2.05, 4.69) is 4.74 Å². The Bertz CT molecular complexity index is 765. The van der Waals surface area contributed by atoms with Crippen molar-refractivity contribution in [3.05, 3.63) is 42.5 Å². The Hall–Kier alpha value is -1.88. The molecule has 0 aliphatic carbocycles. The van der Waals surface area contributed by atoms with Crippen LogP contribution in [0, 0.1) is 5.92 Å². The minimum Gasteiger partial charge on any atom is -0.469 e. The topological polar surface area (TPSA) is 60.4 Å². The first-order valence-corrected chi connectivity index (χ1v) is 8.23. The first-order valence-electron chi connectivity index (χ1n) is 6.68. The number of rotatable bonds is 4. The van der Waals surface area contributed by atoms with E-state index in [0.717, 1.165) is 10.8 Å². The number of carbonyl (C=O) groups excluding carboxylic acids is 1. The van der Waals surface area contributed by atoms with Crippen molar-refractivity contribution < 1.29 is 17.9 Å². The van der Waals surface area contributed by atoms with Gasteiger partial charge < -0.3 is 4.74 Å². The van der Waals surface area contributed by atoms with Gasteiger partial charge in [-0.15, -0.1) is 0 Å². The zero-order chi connectivity index (χ0) is 15.6. The predicted molar refractivity (Wildman–Crippen MR) is 81.8 cm³/mol. The maximum Gasteiger partial charge on any atom is 0.309 e. The molecule has 0 spiro atoms. The normalized spacial score (nSPS) is 14.6. The van der Waals surface area contributed by atoms with Gasteiger partial charge in [-0.3, -0.25) is 4.79 Å². The summed E-state index contributed by atoms with van der Waals surface area (Å²) in [6.45, 7) is 3.10. The fourth-order valence-corrected chi connectivity index (χ4v) is 3.83. The van der Waals surface area contributed by atoms with Crippen molar-refractivity contribution in [3.63, 3.8) is 0 Å². The van der Waals surface area contributed by atoms with Crippen LogP contribution in [-0.2, 0) is 19.4 Å². The fourth-order valence-electron chi connectivity index (χ4n) is 2.21. The number of methoxy groups -OCH3 is 1. The van der Waals surface area contributed by atoms with Crippen LogP contribution < -0.4 is 0 Å². The highest BCUT2D eigenvalue weighted by atomic mass is 32.2. The zero-order valence-corrected chi connectivity index (χ0v) is 13.1. The molecule has 0 saturated carbocycles. The number of sulfone groups is 1. The molecule has 0 radical (unpaired) electrons. The number of hydrogen-bond acceptors (Lipinski definition) is 4. The lowest BCUT2D eigenvalue weighted by atomic mass is 10.1. The van der Waals surface area contributed by atoms with Gasteiger partial charge in [-0.25, -0.2) is 8.42 Å². The first-order chi connectivity index (χ1) is 9.87. The third-order valence-corrected chi connectivity index (χ3v) is 6.11. The molecule has 112 valence electrons. The molecule has 4 nitrogen and oxygen atoms in total. The van der Waals surface area contributed by atoms with E-state index < -0.39 is 27.0 Å². The lowest BCUT2D eigenvalue weighted by molar-refractivity contribution is -0.144. The molecule has 0 N–H and O–H groups in total. The molecule has 21 heavy (non-hydrogen) atoms. The van der Waals surface area contributed by atoms with Crippen LogP contribution in [0.4, 0.5) is 0 Å². The number of carbonyl (C=O) groups is 1. The van der Waals surface area contributed by atoms with Crippen molar-refractivity contribution in [2.24, 2.45) is 5.92 Å². The van der Waals surface area contributed by atoms with Crippen molar-refractivity contribution in [3.8, 4) is 0 Å². The van der Waals surface area contributed by atoms with E-state index in [0.29, 0.717) is 0 Å². The molecule has 0 aliphatic rings. The second-order valence-electron chi connectivity index (χ2n) is 5.07. The summed E-state index contributed by atoms with van der Waals surface area (Å²) in [6.07, 6.45) is 0. The van der Waals surface area contributed by atoms with E-state index >= 15 is 0 Å². The van der Waals surface area contributed by atoms with E-state index in [1.807, 2.05) is 24.3 Å². The molecule has 5 heteroatoms. The highest BCUT2D eigenvalue weighted by Gasteiger charge is 2.33. The van der Waals surface area contributed by atoms with Crippen molar-refractivity contribution in [1.82, 2.24) is 0 Å². The third-order valence-electron chi connectivity index (χ3n) is 3.82. The monoisotopic (exact) mass is 306 g/mol. The van der Waals surface area contributed by atoms with Gasteiger partial charge in [0.2, 0.25) is 0 Å². The average molecular weight is 306 g/mol. The summed E-state index contributed by atoms with van der Waals surface area (Å²) in [5, 5.41) is 0.993. The second kappa shape index (κ2) is 5.85. The summed E-state index contributed by atoms with van der Waals surface area (Å²) in [7, 11) is -2.33. The van der Waals surface area contributed by atoms with Gasteiger partial charge in [0.1, 0.15) is 0 Å². The molecule has 0 bridgehead atoms. The van der Waals surface area contributed by atoms with Crippen molar-refractivity contribution >= 4 is 26.6 Å². The van der Waals surface area contributed by atoms with Crippen LogP contribution in [0.15, 0.2) is 47.4 Å². The smallest absolute Gasteiger partial charge is 0.309 e. The summed E-state index contributed by atoms with van der Waals surface area (Å²) in [5.41, 5.74) is 0.